The Hall–Kier alpha value is -8.46. The van der Waals surface area contributed by atoms with E-state index in [1.165, 1.54) is 71.7 Å². The molecular weight excluding hydrogens is 1210 g/mol. The standard InChI is InChI=1S/C15H10ClFN8O4S.C14H12ClFN8O3S.C12H9ClFN5O3S/c16-8-6-7(3-4-9(8)17)25-13(21-28-15(25)27)11-14(22-29-20-11)30-5-1-2-10(26)12-18-23-24-19-12;15-8-6-7(3-4-9(8)16)17-13(20-26)11-14(22-27-21-11)28-5-1-2-10(25)12-18-23-24-19-12;13-7-5-6(1-2-8(7)14)19-10(17-21-12(19)20)9-11(18-22-16-9)23-4-3-15/h3-4,6H,1-2,5H2,(H,18,19,23,24);3-4,6,26H,1-2,5H2,(H,17,20)(H,18,19,23,24);1-2,5H,3-4,15H2. The van der Waals surface area contributed by atoms with Gasteiger partial charge in [-0.1, -0.05) is 56.9 Å². The lowest BCUT2D eigenvalue weighted by Gasteiger charge is -2.04. The van der Waals surface area contributed by atoms with Crippen LogP contribution >= 0.6 is 70.1 Å². The van der Waals surface area contributed by atoms with Crippen molar-refractivity contribution in [2.24, 2.45) is 10.7 Å². The van der Waals surface area contributed by atoms with Crippen LogP contribution in [0.4, 0.5) is 18.9 Å². The van der Waals surface area contributed by atoms with Crippen LogP contribution in [0.15, 0.2) is 107 Å². The monoisotopic (exact) mass is 1240 g/mol. The van der Waals surface area contributed by atoms with Crippen LogP contribution in [-0.4, -0.2) is 138 Å². The van der Waals surface area contributed by atoms with Crippen molar-refractivity contribution in [3.63, 3.8) is 0 Å². The van der Waals surface area contributed by atoms with Crippen molar-refractivity contribution in [1.29, 1.82) is 0 Å². The number of Topliss-reactive ketones (excluding diaryl/α,β-unsaturated/α-hetero) is 2. The predicted octanol–water partition coefficient (Wildman–Crippen LogP) is 5.84. The minimum atomic E-state index is -0.822. The number of thioether (sulfide) groups is 3. The number of hydrogen-bond donors (Lipinski definition) is 5. The first-order valence-corrected chi connectivity index (χ1v) is 26.5. The lowest BCUT2D eigenvalue weighted by Crippen LogP contribution is -2.21. The van der Waals surface area contributed by atoms with E-state index in [1.54, 1.807) is 0 Å². The van der Waals surface area contributed by atoms with Crippen molar-refractivity contribution in [3.8, 4) is 34.4 Å². The van der Waals surface area contributed by atoms with Crippen LogP contribution in [0.5, 0.6) is 0 Å². The van der Waals surface area contributed by atoms with Crippen molar-refractivity contribution in [1.82, 2.24) is 97.1 Å². The Bertz CT molecular complexity index is 3890. The summed E-state index contributed by atoms with van der Waals surface area (Å²) in [4.78, 5) is 51.9. The second-order valence-electron chi connectivity index (χ2n) is 15.2. The van der Waals surface area contributed by atoms with Crippen LogP contribution in [0.1, 0.15) is 52.6 Å². The molecular formula is C41H31Cl3F3N21O10S3. The first kappa shape index (κ1) is 58.7. The van der Waals surface area contributed by atoms with E-state index in [4.69, 9.17) is 58.9 Å². The lowest BCUT2D eigenvalue weighted by molar-refractivity contribution is 0.0964. The molecule has 3 aromatic carbocycles. The molecule has 0 fully saturated rings. The third kappa shape index (κ3) is 14.9. The molecule has 0 radical (unpaired) electrons. The number of amidine groups is 1. The molecule has 0 spiro atoms. The summed E-state index contributed by atoms with van der Waals surface area (Å²) < 4.78 is 65.8. The number of benzene rings is 3. The summed E-state index contributed by atoms with van der Waals surface area (Å²) in [5.41, 5.74) is 8.67. The van der Waals surface area contributed by atoms with E-state index >= 15 is 0 Å². The van der Waals surface area contributed by atoms with E-state index in [9.17, 15) is 37.6 Å². The van der Waals surface area contributed by atoms with E-state index in [0.29, 0.717) is 51.7 Å². The minimum Gasteiger partial charge on any atom is -0.330 e. The molecule has 31 nitrogen and oxygen atoms in total. The number of aromatic amines is 2. The van der Waals surface area contributed by atoms with E-state index in [2.05, 4.69) is 92.0 Å². The van der Waals surface area contributed by atoms with Crippen molar-refractivity contribution in [3.05, 3.63) is 126 Å². The van der Waals surface area contributed by atoms with Crippen LogP contribution in [0.3, 0.4) is 0 Å². The van der Waals surface area contributed by atoms with Crippen molar-refractivity contribution >= 4 is 93.2 Å². The fraction of sp³-hybridized carbons (Fsp3) is 0.195. The number of rotatable bonds is 21. The zero-order chi connectivity index (χ0) is 57.4. The molecule has 0 saturated heterocycles. The predicted molar refractivity (Wildman–Crippen MR) is 274 cm³/mol. The van der Waals surface area contributed by atoms with E-state index in [-0.39, 0.29) is 103 Å². The normalized spacial score (nSPS) is 11.3. The molecule has 0 saturated carbocycles. The zero-order valence-corrected chi connectivity index (χ0v) is 44.9. The third-order valence-electron chi connectivity index (χ3n) is 9.93. The van der Waals surface area contributed by atoms with Gasteiger partial charge in [0.25, 0.3) is 0 Å². The molecule has 0 bridgehead atoms. The summed E-state index contributed by atoms with van der Waals surface area (Å²) in [6.45, 7) is 0.427. The van der Waals surface area contributed by atoms with Gasteiger partial charge in [-0.05, 0) is 109 Å². The van der Waals surface area contributed by atoms with Gasteiger partial charge in [-0.2, -0.15) is 10.4 Å². The van der Waals surface area contributed by atoms with Gasteiger partial charge in [0, 0.05) is 36.6 Å². The number of carbonyl (C=O) groups is 2. The molecule has 81 heavy (non-hydrogen) atoms. The molecule has 0 aliphatic carbocycles. The maximum atomic E-state index is 13.5. The molecule has 7 heterocycles. The highest BCUT2D eigenvalue weighted by atomic mass is 35.5. The number of nitrogens with one attached hydrogen (secondary N) is 3. The van der Waals surface area contributed by atoms with E-state index < -0.39 is 29.0 Å². The molecule has 0 aliphatic heterocycles. The Morgan fingerprint density at radius 3 is 1.54 bits per heavy atom. The molecule has 420 valence electrons. The van der Waals surface area contributed by atoms with E-state index in [1.807, 2.05) is 5.48 Å². The van der Waals surface area contributed by atoms with Crippen molar-refractivity contribution < 1.29 is 50.9 Å². The number of nitrogens with zero attached hydrogens (tertiary/aromatic N) is 17. The summed E-state index contributed by atoms with van der Waals surface area (Å²) in [6.07, 6.45) is 1.43. The van der Waals surface area contributed by atoms with Gasteiger partial charge in [-0.15, -0.1) is 43.9 Å². The van der Waals surface area contributed by atoms with Gasteiger partial charge in [-0.25, -0.2) is 50.8 Å². The molecule has 0 aliphatic rings. The maximum Gasteiger partial charge on any atom is 0.446 e. The lowest BCUT2D eigenvalue weighted by atomic mass is 10.2. The molecule has 40 heteroatoms. The largest absolute Gasteiger partial charge is 0.446 e. The summed E-state index contributed by atoms with van der Waals surface area (Å²) in [6, 6.07) is 11.3. The number of H-pyrrole nitrogens is 2. The van der Waals surface area contributed by atoms with Gasteiger partial charge in [0.15, 0.2) is 38.0 Å². The van der Waals surface area contributed by atoms with E-state index in [0.717, 1.165) is 27.3 Å². The van der Waals surface area contributed by atoms with Crippen LogP contribution in [0.25, 0.3) is 34.4 Å². The number of nitrogens with two attached hydrogens (primary N) is 1. The van der Waals surface area contributed by atoms with Gasteiger partial charge in [-0.3, -0.25) is 29.3 Å². The number of hydroxylamine groups is 1. The van der Waals surface area contributed by atoms with Crippen LogP contribution in [0, 0.1) is 17.5 Å². The Morgan fingerprint density at radius 2 is 1.09 bits per heavy atom. The molecule has 10 aromatic rings. The number of halogens is 6. The molecule has 0 amide bonds. The average Bonchev–Trinajstić information content (AvgIpc) is 4.52. The first-order chi connectivity index (χ1) is 39.2. The molecule has 10 rings (SSSR count). The quantitative estimate of drug-likeness (QED) is 0.0141. The molecule has 0 unspecified atom stereocenters. The van der Waals surface area contributed by atoms with Crippen LogP contribution in [-0.2, 0) is 0 Å². The zero-order valence-electron chi connectivity index (χ0n) is 40.1. The summed E-state index contributed by atoms with van der Waals surface area (Å²) in [5, 5.41) is 65.6. The number of carbonyl (C=O) groups excluding carboxylic acids is 2. The van der Waals surface area contributed by atoms with Crippen molar-refractivity contribution in [2.45, 2.75) is 40.8 Å². The Labute approximate surface area is 474 Å². The Morgan fingerprint density at radius 1 is 0.630 bits per heavy atom. The van der Waals surface area contributed by atoms with Crippen LogP contribution in [0.2, 0.25) is 15.1 Å². The fourth-order valence-electron chi connectivity index (χ4n) is 6.30. The van der Waals surface area contributed by atoms with Gasteiger partial charge in [0.05, 0.1) is 32.1 Å². The Balaban J connectivity index is 0.000000161. The SMILES string of the molecule is NCCSc1nonc1-c1noc(=O)n1-c1ccc(F)c(Cl)c1.O=C(CCCSc1nonc1-c1noc(=O)n1-c1ccc(F)c(Cl)c1)c1nn[nH]n1.O=C(CCCSc1nonc1C(=Nc1ccc(F)c(Cl)c1)NO)c1nn[nH]n1. The smallest absolute Gasteiger partial charge is 0.330 e. The van der Waals surface area contributed by atoms with Gasteiger partial charge >= 0.3 is 11.5 Å². The molecule has 6 N–H and O–H groups in total. The van der Waals surface area contributed by atoms with Crippen molar-refractivity contribution in [2.75, 3.05) is 23.8 Å². The second-order valence-corrected chi connectivity index (χ2v) is 19.7. The highest BCUT2D eigenvalue weighted by Gasteiger charge is 2.26. The molecule has 7 aromatic heterocycles. The topological polar surface area (TPSA) is 427 Å². The summed E-state index contributed by atoms with van der Waals surface area (Å²) in [7, 11) is 0. The second kappa shape index (κ2) is 28.1. The highest BCUT2D eigenvalue weighted by Crippen LogP contribution is 2.31. The van der Waals surface area contributed by atoms with Gasteiger partial charge in [0.1, 0.15) is 17.5 Å². The average molecular weight is 1240 g/mol. The Kier molecular flexibility index (Phi) is 20.4. The number of tetrazole rings is 2. The number of ketones is 2. The first-order valence-electron chi connectivity index (χ1n) is 22.4. The minimum absolute atomic E-state index is 0.00861. The number of aromatic nitrogens is 18. The highest BCUT2D eigenvalue weighted by molar-refractivity contribution is 7.99. The maximum absolute atomic E-state index is 13.5. The summed E-state index contributed by atoms with van der Waals surface area (Å²) >= 11 is 21.1. The fourth-order valence-corrected chi connectivity index (χ4v) is 9.16. The van der Waals surface area contributed by atoms with Crippen LogP contribution < -0.4 is 22.7 Å². The third-order valence-corrected chi connectivity index (χ3v) is 13.8. The van der Waals surface area contributed by atoms with Gasteiger partial charge < -0.3 is 5.73 Å². The number of hydrogen-bond acceptors (Lipinski definition) is 29. The summed E-state index contributed by atoms with van der Waals surface area (Å²) in [5.74, 6) is -2.29. The molecule has 0 atom stereocenters. The number of aliphatic imine (C=N–C) groups is 1. The van der Waals surface area contributed by atoms with Gasteiger partial charge in [0.2, 0.25) is 34.9 Å².